The zero-order valence-electron chi connectivity index (χ0n) is 20.0. The first kappa shape index (κ1) is 30.5. The summed E-state index contributed by atoms with van der Waals surface area (Å²) in [6.45, 7) is -0.978. The number of anilines is 1. The molecule has 6 atom stereocenters. The van der Waals surface area contributed by atoms with Crippen molar-refractivity contribution in [1.82, 2.24) is 19.5 Å². The van der Waals surface area contributed by atoms with Gasteiger partial charge in [0.15, 0.2) is 11.9 Å². The van der Waals surface area contributed by atoms with Gasteiger partial charge in [0.2, 0.25) is 5.95 Å². The number of imidazole rings is 1. The van der Waals surface area contributed by atoms with E-state index in [1.165, 1.54) is 22.2 Å². The lowest BCUT2D eigenvalue weighted by Crippen LogP contribution is -2.33. The van der Waals surface area contributed by atoms with Crippen molar-refractivity contribution in [2.75, 3.05) is 12.3 Å². The summed E-state index contributed by atoms with van der Waals surface area (Å²) in [5, 5.41) is 23.1. The Morgan fingerprint density at radius 2 is 1.71 bits per heavy atom. The normalized spacial score (nSPS) is 24.4. The summed E-state index contributed by atoms with van der Waals surface area (Å²) in [4.78, 5) is 51.8. The number of nitrogens with two attached hydrogens (primary N) is 1. The third-order valence-electron chi connectivity index (χ3n) is 5.47. The van der Waals surface area contributed by atoms with E-state index in [0.717, 1.165) is 14.6 Å². The van der Waals surface area contributed by atoms with E-state index < -0.39 is 54.6 Å². The highest BCUT2D eigenvalue weighted by molar-refractivity contribution is 7.66. The Balaban J connectivity index is 1.35. The van der Waals surface area contributed by atoms with Gasteiger partial charge in [0, 0.05) is 9.75 Å². The summed E-state index contributed by atoms with van der Waals surface area (Å²) >= 11 is 3.02. The highest BCUT2D eigenvalue weighted by atomic mass is 32.1. The predicted octanol–water partition coefficient (Wildman–Crippen LogP) is 1.83. The maximum absolute atomic E-state index is 12.0. The van der Waals surface area contributed by atoms with Crippen molar-refractivity contribution < 1.29 is 61.4 Å². The van der Waals surface area contributed by atoms with Gasteiger partial charge < -0.3 is 40.3 Å². The number of nitrogen functional groups attached to an aromatic ring is 1. The van der Waals surface area contributed by atoms with Gasteiger partial charge in [-0.05, 0) is 23.6 Å². The zero-order chi connectivity index (χ0) is 29.7. The summed E-state index contributed by atoms with van der Waals surface area (Å²) in [6.07, 6.45) is -4.94. The highest BCUT2D eigenvalue weighted by Crippen LogP contribution is 2.66. The summed E-state index contributed by atoms with van der Waals surface area (Å²) in [6, 6.07) is 7.68. The topological polar surface area (TPSA) is 279 Å². The van der Waals surface area contributed by atoms with Crippen LogP contribution in [0, 0.1) is 0 Å². The van der Waals surface area contributed by atoms with Crippen LogP contribution < -0.4 is 5.73 Å². The maximum atomic E-state index is 12.0. The van der Waals surface area contributed by atoms with Crippen molar-refractivity contribution in [2.24, 2.45) is 0 Å². The molecule has 8 N–H and O–H groups in total. The van der Waals surface area contributed by atoms with Gasteiger partial charge in [-0.25, -0.2) is 23.7 Å². The quantitative estimate of drug-likeness (QED) is 0.118. The third-order valence-corrected chi connectivity index (χ3v) is 11.4. The third kappa shape index (κ3) is 6.83. The van der Waals surface area contributed by atoms with Crippen LogP contribution in [-0.4, -0.2) is 74.2 Å². The largest absolute Gasteiger partial charge is 0.490 e. The minimum absolute atomic E-state index is 0.113. The molecule has 0 aromatic carbocycles. The van der Waals surface area contributed by atoms with Crippen LogP contribution in [0.3, 0.4) is 0 Å². The molecular weight excluding hydrogens is 651 g/mol. The van der Waals surface area contributed by atoms with Gasteiger partial charge in [-0.1, -0.05) is 6.07 Å². The Bertz CT molecular complexity index is 1710. The van der Waals surface area contributed by atoms with Crippen molar-refractivity contribution in [2.45, 2.75) is 24.5 Å². The van der Waals surface area contributed by atoms with Gasteiger partial charge in [0.05, 0.1) is 17.8 Å². The average molecular weight is 671 g/mol. The van der Waals surface area contributed by atoms with Crippen LogP contribution in [0.2, 0.25) is 0 Å². The van der Waals surface area contributed by atoms with Crippen molar-refractivity contribution in [3.63, 3.8) is 0 Å². The number of fused-ring (bicyclic) bond motifs is 1. The minimum atomic E-state index is -5.74. The Labute approximate surface area is 237 Å². The van der Waals surface area contributed by atoms with Crippen molar-refractivity contribution in [1.29, 1.82) is 0 Å². The molecule has 0 spiro atoms. The number of phosphoric acid groups is 3. The van der Waals surface area contributed by atoms with Crippen LogP contribution in [0.15, 0.2) is 36.0 Å². The van der Waals surface area contributed by atoms with Gasteiger partial charge in [-0.15, -0.1) is 22.7 Å². The lowest BCUT2D eigenvalue weighted by molar-refractivity contribution is -0.0503. The van der Waals surface area contributed by atoms with Crippen LogP contribution >= 0.6 is 46.1 Å². The Morgan fingerprint density at radius 3 is 2.39 bits per heavy atom. The van der Waals surface area contributed by atoms with E-state index >= 15 is 0 Å². The second-order valence-electron chi connectivity index (χ2n) is 8.33. The van der Waals surface area contributed by atoms with Crippen molar-refractivity contribution in [3.05, 3.63) is 36.0 Å². The van der Waals surface area contributed by atoms with Gasteiger partial charge in [0.1, 0.15) is 29.5 Å². The number of nitrogens with zero attached hydrogens (tertiary/aromatic N) is 4. The monoisotopic (exact) mass is 671 g/mol. The van der Waals surface area contributed by atoms with E-state index in [9.17, 15) is 33.7 Å². The molecule has 1 saturated heterocycles. The fraction of sp³-hybridized carbons (Fsp3) is 0.278. The molecule has 1 aliphatic heterocycles. The van der Waals surface area contributed by atoms with Gasteiger partial charge in [-0.2, -0.15) is 13.6 Å². The molecule has 4 aromatic rings. The van der Waals surface area contributed by atoms with E-state index in [1.807, 2.05) is 29.6 Å². The molecule has 4 aromatic heterocycles. The number of aliphatic hydroxyl groups is 2. The predicted molar refractivity (Wildman–Crippen MR) is 142 cm³/mol. The van der Waals surface area contributed by atoms with Gasteiger partial charge in [0.25, 0.3) is 0 Å². The van der Waals surface area contributed by atoms with Crippen LogP contribution in [0.4, 0.5) is 5.95 Å². The van der Waals surface area contributed by atoms with Crippen molar-refractivity contribution in [3.8, 4) is 20.3 Å². The van der Waals surface area contributed by atoms with Crippen LogP contribution in [0.25, 0.3) is 31.5 Å². The molecule has 0 aliphatic carbocycles. The molecule has 0 bridgehead atoms. The standard InChI is InChI=1S/C18H20N5O13P3S2/c19-18-21-12(11-4-3-10(41-11)9-2-1-5-40-9)13-16(22-18)23(7-20-13)17-15(25)14(24)8(34-17)6-33-38(29,30)36-39(31,32)35-37(26,27)28/h1-5,7-8,14-15,17,24-25H,6H2,(H,29,30)(H,31,32)(H2,19,21,22)(H2,26,27,28)/t8-,14?,15?,17-/m1/s1. The molecule has 1 aliphatic rings. The average Bonchev–Trinajstić information content (AvgIpc) is 3.63. The smallest absolute Gasteiger partial charge is 0.387 e. The highest BCUT2D eigenvalue weighted by Gasteiger charge is 2.47. The van der Waals surface area contributed by atoms with Gasteiger partial charge in [-0.3, -0.25) is 9.09 Å². The molecule has 5 heterocycles. The molecule has 4 unspecified atom stereocenters. The van der Waals surface area contributed by atoms with Crippen LogP contribution in [-0.2, 0) is 31.6 Å². The Kier molecular flexibility index (Phi) is 8.39. The Morgan fingerprint density at radius 1 is 0.976 bits per heavy atom. The molecule has 222 valence electrons. The molecule has 0 amide bonds. The number of ether oxygens (including phenoxy) is 1. The number of hydrogen-bond acceptors (Lipinski definition) is 15. The Hall–Kier alpha value is -1.96. The van der Waals surface area contributed by atoms with E-state index in [1.54, 1.807) is 11.3 Å². The number of rotatable bonds is 10. The van der Waals surface area contributed by atoms with E-state index in [2.05, 4.69) is 28.1 Å². The molecule has 5 rings (SSSR count). The molecule has 23 heteroatoms. The fourth-order valence-corrected chi connectivity index (χ4v) is 8.74. The van der Waals surface area contributed by atoms with E-state index in [0.29, 0.717) is 11.2 Å². The molecule has 0 radical (unpaired) electrons. The number of hydrogen-bond donors (Lipinski definition) is 7. The summed E-state index contributed by atoms with van der Waals surface area (Å²) in [7, 11) is -16.8. The summed E-state index contributed by atoms with van der Waals surface area (Å²) < 4.78 is 53.0. The number of aliphatic hydroxyl groups excluding tert-OH is 2. The number of thiophene rings is 2. The molecule has 18 nitrogen and oxygen atoms in total. The van der Waals surface area contributed by atoms with Crippen molar-refractivity contribution >= 4 is 63.3 Å². The lowest BCUT2D eigenvalue weighted by Gasteiger charge is -2.19. The fourth-order valence-electron chi connectivity index (χ4n) is 3.88. The van der Waals surface area contributed by atoms with Crippen LogP contribution in [0.1, 0.15) is 6.23 Å². The first-order chi connectivity index (χ1) is 19.1. The maximum Gasteiger partial charge on any atom is 0.490 e. The number of aromatic nitrogens is 4. The minimum Gasteiger partial charge on any atom is -0.387 e. The SMILES string of the molecule is Nc1nc(-c2ccc(-c3cccs3)s2)c2ncn([C@@H]3O[C@H](COP(=O)(O)OP(=O)(O)OP(=O)(O)O)C(O)C3O)c2n1. The summed E-state index contributed by atoms with van der Waals surface area (Å²) in [5.74, 6) is -0.113. The molecule has 41 heavy (non-hydrogen) atoms. The number of phosphoric ester groups is 1. The zero-order valence-corrected chi connectivity index (χ0v) is 24.4. The van der Waals surface area contributed by atoms with Crippen LogP contribution in [0.5, 0.6) is 0 Å². The first-order valence-electron chi connectivity index (χ1n) is 11.1. The van der Waals surface area contributed by atoms with Gasteiger partial charge >= 0.3 is 23.5 Å². The van der Waals surface area contributed by atoms with E-state index in [4.69, 9.17) is 20.3 Å². The van der Waals surface area contributed by atoms with E-state index in [-0.39, 0.29) is 11.6 Å². The molecule has 0 saturated carbocycles. The lowest BCUT2D eigenvalue weighted by atomic mass is 10.1. The second-order valence-corrected chi connectivity index (χ2v) is 14.8. The first-order valence-corrected chi connectivity index (χ1v) is 17.3. The molecular formula is C18H20N5O13P3S2. The molecule has 1 fully saturated rings. The summed E-state index contributed by atoms with van der Waals surface area (Å²) in [5.41, 5.74) is 6.82. The second kappa shape index (κ2) is 11.3.